The molecule has 1 saturated carbocycles. The van der Waals surface area contributed by atoms with Crippen LogP contribution < -0.4 is 0 Å². The molecule has 1 unspecified atom stereocenters. The van der Waals surface area contributed by atoms with Crippen LogP contribution in [0.25, 0.3) is 0 Å². The molecule has 1 spiro atoms. The van der Waals surface area contributed by atoms with Crippen molar-refractivity contribution in [3.63, 3.8) is 0 Å². The van der Waals surface area contributed by atoms with Gasteiger partial charge in [-0.25, -0.2) is 0 Å². The highest BCUT2D eigenvalue weighted by Crippen LogP contribution is 2.63. The molecule has 16 heavy (non-hydrogen) atoms. The molecule has 0 aromatic carbocycles. The van der Waals surface area contributed by atoms with E-state index >= 15 is 0 Å². The average Bonchev–Trinajstić information content (AvgIpc) is 2.66. The third kappa shape index (κ3) is 1.19. The molecule has 0 aromatic rings. The summed E-state index contributed by atoms with van der Waals surface area (Å²) in [7, 11) is 0. The smallest absolute Gasteiger partial charge is 0.206 e. The molecule has 0 bridgehead atoms. The third-order valence-corrected chi connectivity index (χ3v) is 4.20. The normalized spacial score (nSPS) is 34.9. The Labute approximate surface area is 97.4 Å². The van der Waals surface area contributed by atoms with Gasteiger partial charge in [0.05, 0.1) is 13.2 Å². The zero-order valence-corrected chi connectivity index (χ0v) is 10.9. The fourth-order valence-corrected chi connectivity index (χ4v) is 3.16. The molecule has 1 N–H and O–H groups in total. The summed E-state index contributed by atoms with van der Waals surface area (Å²) < 4.78 is 11.5. The highest BCUT2D eigenvalue weighted by molar-refractivity contribution is 5.33. The van der Waals surface area contributed by atoms with Crippen molar-refractivity contribution in [2.24, 2.45) is 5.41 Å². The molecular formula is C13H22O3. The zero-order chi connectivity index (χ0) is 12.2. The fraction of sp³-hybridized carbons (Fsp3) is 0.846. The highest BCUT2D eigenvalue weighted by Gasteiger charge is 2.74. The van der Waals surface area contributed by atoms with Crippen molar-refractivity contribution < 1.29 is 14.6 Å². The maximum absolute atomic E-state index is 10.8. The molecule has 2 aliphatic rings. The van der Waals surface area contributed by atoms with E-state index in [-0.39, 0.29) is 5.41 Å². The SMILES string of the molecule is CC(C)=C(C)C1(O)CC(C)(C)C12OCCO2. The van der Waals surface area contributed by atoms with E-state index < -0.39 is 11.4 Å². The molecule has 3 nitrogen and oxygen atoms in total. The molecule has 0 aromatic heterocycles. The van der Waals surface area contributed by atoms with E-state index in [1.807, 2.05) is 20.8 Å². The summed E-state index contributed by atoms with van der Waals surface area (Å²) in [4.78, 5) is 0. The second kappa shape index (κ2) is 3.31. The van der Waals surface area contributed by atoms with E-state index in [0.717, 1.165) is 11.1 Å². The molecule has 3 heteroatoms. The van der Waals surface area contributed by atoms with Crippen LogP contribution in [0.5, 0.6) is 0 Å². The monoisotopic (exact) mass is 226 g/mol. The largest absolute Gasteiger partial charge is 0.380 e. The number of hydrogen-bond donors (Lipinski definition) is 1. The summed E-state index contributed by atoms with van der Waals surface area (Å²) in [6.45, 7) is 11.3. The molecular weight excluding hydrogens is 204 g/mol. The van der Waals surface area contributed by atoms with Crippen molar-refractivity contribution >= 4 is 0 Å². The molecule has 0 radical (unpaired) electrons. The van der Waals surface area contributed by atoms with Gasteiger partial charge in [0.15, 0.2) is 0 Å². The summed E-state index contributed by atoms with van der Waals surface area (Å²) in [5, 5.41) is 10.8. The number of aliphatic hydroxyl groups is 1. The van der Waals surface area contributed by atoms with Gasteiger partial charge in [-0.05, 0) is 32.8 Å². The molecule has 92 valence electrons. The number of allylic oxidation sites excluding steroid dienone is 1. The van der Waals surface area contributed by atoms with Crippen molar-refractivity contribution in [3.8, 4) is 0 Å². The average molecular weight is 226 g/mol. The van der Waals surface area contributed by atoms with Gasteiger partial charge in [0.2, 0.25) is 5.79 Å². The topological polar surface area (TPSA) is 38.7 Å². The van der Waals surface area contributed by atoms with Gasteiger partial charge in [-0.2, -0.15) is 0 Å². The molecule has 1 saturated heterocycles. The fourth-order valence-electron chi connectivity index (χ4n) is 3.16. The lowest BCUT2D eigenvalue weighted by atomic mass is 9.52. The van der Waals surface area contributed by atoms with Crippen molar-refractivity contribution in [2.75, 3.05) is 13.2 Å². The Morgan fingerprint density at radius 2 is 1.56 bits per heavy atom. The van der Waals surface area contributed by atoms with Crippen LogP contribution in [-0.4, -0.2) is 29.7 Å². The Hall–Kier alpha value is -0.380. The van der Waals surface area contributed by atoms with Gasteiger partial charge < -0.3 is 14.6 Å². The maximum atomic E-state index is 10.8. The van der Waals surface area contributed by atoms with Gasteiger partial charge >= 0.3 is 0 Å². The van der Waals surface area contributed by atoms with Gasteiger partial charge in [-0.1, -0.05) is 19.4 Å². The van der Waals surface area contributed by atoms with E-state index in [1.165, 1.54) is 0 Å². The van der Waals surface area contributed by atoms with Crippen LogP contribution in [0.4, 0.5) is 0 Å². The van der Waals surface area contributed by atoms with Gasteiger partial charge in [0.25, 0.3) is 0 Å². The van der Waals surface area contributed by atoms with Crippen LogP contribution in [0, 0.1) is 5.41 Å². The maximum Gasteiger partial charge on any atom is 0.206 e. The number of rotatable bonds is 1. The van der Waals surface area contributed by atoms with E-state index in [4.69, 9.17) is 9.47 Å². The summed E-state index contributed by atoms with van der Waals surface area (Å²) in [6.07, 6.45) is 0.691. The van der Waals surface area contributed by atoms with Crippen molar-refractivity contribution in [2.45, 2.75) is 52.4 Å². The van der Waals surface area contributed by atoms with Crippen LogP contribution in [-0.2, 0) is 9.47 Å². The van der Waals surface area contributed by atoms with Gasteiger partial charge in [-0.3, -0.25) is 0 Å². The minimum absolute atomic E-state index is 0.130. The minimum Gasteiger partial charge on any atom is -0.380 e. The van der Waals surface area contributed by atoms with E-state index in [0.29, 0.717) is 19.6 Å². The minimum atomic E-state index is -0.953. The number of hydrogen-bond acceptors (Lipinski definition) is 3. The van der Waals surface area contributed by atoms with Crippen molar-refractivity contribution in [1.29, 1.82) is 0 Å². The number of ether oxygens (including phenoxy) is 2. The first kappa shape index (κ1) is 12.1. The predicted octanol–water partition coefficient (Wildman–Crippen LogP) is 2.25. The zero-order valence-electron chi connectivity index (χ0n) is 10.9. The Kier molecular flexibility index (Phi) is 2.50. The lowest BCUT2D eigenvalue weighted by Gasteiger charge is -2.63. The van der Waals surface area contributed by atoms with Crippen LogP contribution in [0.15, 0.2) is 11.1 Å². The molecule has 1 aliphatic heterocycles. The summed E-state index contributed by atoms with van der Waals surface area (Å²) in [6, 6.07) is 0. The molecule has 2 rings (SSSR count). The van der Waals surface area contributed by atoms with Crippen LogP contribution in [0.3, 0.4) is 0 Å². The lowest BCUT2D eigenvalue weighted by Crippen LogP contribution is -2.74. The van der Waals surface area contributed by atoms with Crippen LogP contribution >= 0.6 is 0 Å². The Morgan fingerprint density at radius 1 is 1.06 bits per heavy atom. The van der Waals surface area contributed by atoms with Gasteiger partial charge in [0, 0.05) is 5.41 Å². The van der Waals surface area contributed by atoms with E-state index in [9.17, 15) is 5.11 Å². The molecule has 1 aliphatic carbocycles. The summed E-state index contributed by atoms with van der Waals surface area (Å²) in [5.74, 6) is -0.832. The lowest BCUT2D eigenvalue weighted by molar-refractivity contribution is -0.378. The summed E-state index contributed by atoms with van der Waals surface area (Å²) >= 11 is 0. The van der Waals surface area contributed by atoms with E-state index in [1.54, 1.807) is 0 Å². The molecule has 0 amide bonds. The van der Waals surface area contributed by atoms with Crippen LogP contribution in [0.2, 0.25) is 0 Å². The summed E-state index contributed by atoms with van der Waals surface area (Å²) in [5.41, 5.74) is 1.03. The van der Waals surface area contributed by atoms with Crippen molar-refractivity contribution in [1.82, 2.24) is 0 Å². The first-order chi connectivity index (χ1) is 7.27. The van der Waals surface area contributed by atoms with Crippen LogP contribution in [0.1, 0.15) is 41.0 Å². The Morgan fingerprint density at radius 3 is 1.94 bits per heavy atom. The van der Waals surface area contributed by atoms with Gasteiger partial charge in [-0.15, -0.1) is 0 Å². The second-order valence-electron chi connectivity index (χ2n) is 5.86. The first-order valence-electron chi connectivity index (χ1n) is 5.92. The standard InChI is InChI=1S/C13H22O3/c1-9(2)10(3)12(14)8-11(4,5)13(12)15-6-7-16-13/h14H,6-8H2,1-5H3. The molecule has 1 heterocycles. The quantitative estimate of drug-likeness (QED) is 0.697. The van der Waals surface area contributed by atoms with E-state index in [2.05, 4.69) is 13.8 Å². The highest BCUT2D eigenvalue weighted by atomic mass is 16.8. The third-order valence-electron chi connectivity index (χ3n) is 4.20. The molecule has 2 fully saturated rings. The Bertz CT molecular complexity index is 333. The second-order valence-corrected chi connectivity index (χ2v) is 5.86. The Balaban J connectivity index is 2.42. The predicted molar refractivity (Wildman–Crippen MR) is 62.0 cm³/mol. The molecule has 1 atom stereocenters. The first-order valence-corrected chi connectivity index (χ1v) is 5.92. The van der Waals surface area contributed by atoms with Gasteiger partial charge in [0.1, 0.15) is 5.60 Å². The van der Waals surface area contributed by atoms with Crippen molar-refractivity contribution in [3.05, 3.63) is 11.1 Å².